The van der Waals surface area contributed by atoms with Gasteiger partial charge in [-0.2, -0.15) is 0 Å². The highest BCUT2D eigenvalue weighted by Crippen LogP contribution is 2.22. The van der Waals surface area contributed by atoms with Crippen molar-refractivity contribution in [3.8, 4) is 0 Å². The summed E-state index contributed by atoms with van der Waals surface area (Å²) in [5.74, 6) is 0. The molecule has 1 unspecified atom stereocenters. The number of rotatable bonds is 2. The van der Waals surface area contributed by atoms with Crippen LogP contribution in [0.15, 0.2) is 0 Å². The molecular weight excluding hydrogens is 187 g/mol. The van der Waals surface area contributed by atoms with Crippen LogP contribution >= 0.6 is 27.5 Å². The zero-order valence-electron chi connectivity index (χ0n) is 5.54. The fourth-order valence-electron chi connectivity index (χ4n) is 0.669. The van der Waals surface area contributed by atoms with Gasteiger partial charge in [-0.05, 0) is 20.3 Å². The molecule has 0 amide bonds. The Balaban J connectivity index is 3.39. The van der Waals surface area contributed by atoms with E-state index < -0.39 is 0 Å². The molecule has 0 saturated carbocycles. The van der Waals surface area contributed by atoms with Crippen LogP contribution in [0.5, 0.6) is 0 Å². The standard InChI is InChI=1S/C6H12BrCl/c1-5(7)4-6(2,3)8/h5H,4H2,1-3H3. The van der Waals surface area contributed by atoms with E-state index in [1.807, 2.05) is 13.8 Å². The Morgan fingerprint density at radius 3 is 2.00 bits per heavy atom. The highest BCUT2D eigenvalue weighted by molar-refractivity contribution is 9.09. The first-order chi connectivity index (χ1) is 3.42. The van der Waals surface area contributed by atoms with Crippen molar-refractivity contribution in [1.29, 1.82) is 0 Å². The molecule has 0 saturated heterocycles. The third kappa shape index (κ3) is 6.77. The van der Waals surface area contributed by atoms with Gasteiger partial charge in [0.1, 0.15) is 0 Å². The smallest absolute Gasteiger partial charge is 0.0401 e. The van der Waals surface area contributed by atoms with Gasteiger partial charge in [0.15, 0.2) is 0 Å². The van der Waals surface area contributed by atoms with E-state index in [2.05, 4.69) is 22.9 Å². The molecule has 0 aliphatic heterocycles. The summed E-state index contributed by atoms with van der Waals surface area (Å²) < 4.78 is 0. The fourth-order valence-corrected chi connectivity index (χ4v) is 1.90. The van der Waals surface area contributed by atoms with Crippen molar-refractivity contribution in [2.75, 3.05) is 0 Å². The summed E-state index contributed by atoms with van der Waals surface area (Å²) in [7, 11) is 0. The fraction of sp³-hybridized carbons (Fsp3) is 1.00. The number of alkyl halides is 2. The summed E-state index contributed by atoms with van der Waals surface area (Å²) in [6.07, 6.45) is 1.01. The van der Waals surface area contributed by atoms with Crippen molar-refractivity contribution in [3.05, 3.63) is 0 Å². The first-order valence-corrected chi connectivity index (χ1v) is 4.04. The van der Waals surface area contributed by atoms with E-state index in [9.17, 15) is 0 Å². The van der Waals surface area contributed by atoms with Gasteiger partial charge in [0.25, 0.3) is 0 Å². The van der Waals surface area contributed by atoms with Crippen LogP contribution in [0.2, 0.25) is 0 Å². The predicted molar refractivity (Wildman–Crippen MR) is 42.9 cm³/mol. The van der Waals surface area contributed by atoms with Gasteiger partial charge >= 0.3 is 0 Å². The summed E-state index contributed by atoms with van der Waals surface area (Å²) in [5.41, 5.74) is 0. The van der Waals surface area contributed by atoms with E-state index in [1.54, 1.807) is 0 Å². The van der Waals surface area contributed by atoms with Crippen LogP contribution in [0.1, 0.15) is 27.2 Å². The van der Waals surface area contributed by atoms with Crippen molar-refractivity contribution in [2.24, 2.45) is 0 Å². The van der Waals surface area contributed by atoms with Gasteiger partial charge in [0.2, 0.25) is 0 Å². The van der Waals surface area contributed by atoms with Crippen molar-refractivity contribution in [3.63, 3.8) is 0 Å². The van der Waals surface area contributed by atoms with Crippen LogP contribution in [0.4, 0.5) is 0 Å². The molecule has 0 aliphatic carbocycles. The molecule has 0 bridgehead atoms. The van der Waals surface area contributed by atoms with Gasteiger partial charge in [-0.15, -0.1) is 11.6 Å². The van der Waals surface area contributed by atoms with Crippen molar-refractivity contribution in [1.82, 2.24) is 0 Å². The topological polar surface area (TPSA) is 0 Å². The third-order valence-electron chi connectivity index (χ3n) is 0.767. The molecule has 0 heterocycles. The second-order valence-electron chi connectivity index (χ2n) is 2.70. The lowest BCUT2D eigenvalue weighted by Crippen LogP contribution is -2.14. The summed E-state index contributed by atoms with van der Waals surface area (Å²) in [6.45, 7) is 6.14. The Morgan fingerprint density at radius 1 is 1.62 bits per heavy atom. The Labute approximate surface area is 64.7 Å². The predicted octanol–water partition coefficient (Wildman–Crippen LogP) is 3.18. The van der Waals surface area contributed by atoms with Gasteiger partial charge in [-0.1, -0.05) is 22.9 Å². The average Bonchev–Trinajstić information content (AvgIpc) is 1.21. The van der Waals surface area contributed by atoms with E-state index in [4.69, 9.17) is 11.6 Å². The first kappa shape index (κ1) is 8.77. The Hall–Kier alpha value is 0.770. The molecule has 0 aromatic heterocycles. The quantitative estimate of drug-likeness (QED) is 0.599. The van der Waals surface area contributed by atoms with Gasteiger partial charge in [-0.3, -0.25) is 0 Å². The lowest BCUT2D eigenvalue weighted by Gasteiger charge is -2.16. The summed E-state index contributed by atoms with van der Waals surface area (Å²) in [5, 5.41) is 0. The summed E-state index contributed by atoms with van der Waals surface area (Å²) >= 11 is 9.32. The van der Waals surface area contributed by atoms with Crippen molar-refractivity contribution < 1.29 is 0 Å². The van der Waals surface area contributed by atoms with Gasteiger partial charge in [0, 0.05) is 9.70 Å². The van der Waals surface area contributed by atoms with Crippen LogP contribution < -0.4 is 0 Å². The normalized spacial score (nSPS) is 16.1. The summed E-state index contributed by atoms with van der Waals surface area (Å²) in [6, 6.07) is 0. The highest BCUT2D eigenvalue weighted by atomic mass is 79.9. The second-order valence-corrected chi connectivity index (χ2v) is 5.29. The monoisotopic (exact) mass is 198 g/mol. The Kier molecular flexibility index (Phi) is 3.37. The maximum Gasteiger partial charge on any atom is 0.0401 e. The minimum atomic E-state index is -0.0527. The average molecular weight is 200 g/mol. The number of hydrogen-bond acceptors (Lipinski definition) is 0. The molecule has 0 aromatic rings. The number of hydrogen-bond donors (Lipinski definition) is 0. The van der Waals surface area contributed by atoms with Gasteiger partial charge < -0.3 is 0 Å². The highest BCUT2D eigenvalue weighted by Gasteiger charge is 2.14. The van der Waals surface area contributed by atoms with Crippen LogP contribution in [0.3, 0.4) is 0 Å². The third-order valence-corrected chi connectivity index (χ3v) is 1.24. The van der Waals surface area contributed by atoms with E-state index in [1.165, 1.54) is 0 Å². The van der Waals surface area contributed by atoms with Crippen LogP contribution in [-0.4, -0.2) is 9.70 Å². The lowest BCUT2D eigenvalue weighted by atomic mass is 10.1. The van der Waals surface area contributed by atoms with E-state index in [-0.39, 0.29) is 4.87 Å². The van der Waals surface area contributed by atoms with E-state index in [0.717, 1.165) is 6.42 Å². The largest absolute Gasteiger partial charge is 0.120 e. The maximum absolute atomic E-state index is 5.90. The zero-order valence-corrected chi connectivity index (χ0v) is 7.88. The molecule has 0 fully saturated rings. The molecule has 0 rings (SSSR count). The molecule has 0 aromatic carbocycles. The zero-order chi connectivity index (χ0) is 6.78. The SMILES string of the molecule is CC(Br)CC(C)(C)Cl. The Morgan fingerprint density at radius 2 is 2.00 bits per heavy atom. The van der Waals surface area contributed by atoms with Crippen LogP contribution in [0, 0.1) is 0 Å². The Bertz CT molecular complexity index is 63.4. The first-order valence-electron chi connectivity index (χ1n) is 2.75. The molecule has 0 spiro atoms. The second kappa shape index (κ2) is 3.07. The minimum absolute atomic E-state index is 0.0527. The minimum Gasteiger partial charge on any atom is -0.120 e. The van der Waals surface area contributed by atoms with Gasteiger partial charge in [0.05, 0.1) is 0 Å². The van der Waals surface area contributed by atoms with Crippen molar-refractivity contribution >= 4 is 27.5 Å². The van der Waals surface area contributed by atoms with Crippen LogP contribution in [0.25, 0.3) is 0 Å². The molecule has 1 atom stereocenters. The number of halogens is 2. The lowest BCUT2D eigenvalue weighted by molar-refractivity contribution is 0.630. The maximum atomic E-state index is 5.90. The van der Waals surface area contributed by atoms with Gasteiger partial charge in [-0.25, -0.2) is 0 Å². The molecular formula is C6H12BrCl. The molecule has 0 nitrogen and oxygen atoms in total. The molecule has 0 N–H and O–H groups in total. The molecule has 0 radical (unpaired) electrons. The van der Waals surface area contributed by atoms with E-state index >= 15 is 0 Å². The molecule has 2 heteroatoms. The molecule has 8 heavy (non-hydrogen) atoms. The molecule has 0 aliphatic rings. The van der Waals surface area contributed by atoms with E-state index in [0.29, 0.717) is 4.83 Å². The van der Waals surface area contributed by atoms with Crippen LogP contribution in [-0.2, 0) is 0 Å². The van der Waals surface area contributed by atoms with Crippen molar-refractivity contribution in [2.45, 2.75) is 36.9 Å². The summed E-state index contributed by atoms with van der Waals surface area (Å²) in [4.78, 5) is 0.470. The molecule has 50 valence electrons.